The Morgan fingerprint density at radius 3 is 2.39 bits per heavy atom. The van der Waals surface area contributed by atoms with E-state index in [2.05, 4.69) is 20.6 Å². The lowest BCUT2D eigenvalue weighted by Crippen LogP contribution is -2.13. The van der Waals surface area contributed by atoms with E-state index in [1.807, 2.05) is 0 Å². The molecule has 96 valence electrons. The molecule has 9 heteroatoms. The van der Waals surface area contributed by atoms with Crippen molar-refractivity contribution >= 4 is 11.8 Å². The van der Waals surface area contributed by atoms with Gasteiger partial charge in [-0.2, -0.15) is 18.4 Å². The van der Waals surface area contributed by atoms with Gasteiger partial charge in [0.15, 0.2) is 5.82 Å². The van der Waals surface area contributed by atoms with Crippen LogP contribution in [-0.4, -0.2) is 26.1 Å². The van der Waals surface area contributed by atoms with Gasteiger partial charge in [0, 0.05) is 4.90 Å². The van der Waals surface area contributed by atoms with Crippen molar-refractivity contribution in [1.82, 2.24) is 20.6 Å². The maximum Gasteiger partial charge on any atom is 0.446 e. The van der Waals surface area contributed by atoms with Crippen LogP contribution in [0.15, 0.2) is 29.2 Å². The van der Waals surface area contributed by atoms with Gasteiger partial charge in [0.25, 0.3) is 0 Å². The van der Waals surface area contributed by atoms with E-state index >= 15 is 0 Å². The third-order valence-electron chi connectivity index (χ3n) is 2.11. The average Bonchev–Trinajstić information content (AvgIpc) is 2.80. The Balaban J connectivity index is 2.13. The van der Waals surface area contributed by atoms with Crippen LogP contribution in [0, 0.1) is 0 Å². The molecule has 0 amide bonds. The van der Waals surface area contributed by atoms with Gasteiger partial charge in [-0.3, -0.25) is 0 Å². The van der Waals surface area contributed by atoms with Gasteiger partial charge in [-0.1, -0.05) is 17.3 Å². The van der Waals surface area contributed by atoms with E-state index < -0.39 is 11.6 Å². The zero-order chi connectivity index (χ0) is 13.2. The summed E-state index contributed by atoms with van der Waals surface area (Å²) in [5.74, 6) is 0.284. The number of nitrogens with one attached hydrogen (secondary N) is 1. The molecule has 2 rings (SSSR count). The predicted molar refractivity (Wildman–Crippen MR) is 58.6 cm³/mol. The van der Waals surface area contributed by atoms with Gasteiger partial charge in [-0.25, -0.2) is 0 Å². The van der Waals surface area contributed by atoms with Crippen molar-refractivity contribution in [2.45, 2.75) is 16.4 Å². The molecule has 1 aromatic carbocycles. The number of hydrogen-bond acceptors (Lipinski definition) is 5. The van der Waals surface area contributed by atoms with Gasteiger partial charge in [-0.15, -0.1) is 10.2 Å². The van der Waals surface area contributed by atoms with Gasteiger partial charge < -0.3 is 5.73 Å². The fourth-order valence-electron chi connectivity index (χ4n) is 1.33. The summed E-state index contributed by atoms with van der Waals surface area (Å²) in [5.41, 5.74) is 2.14. The first-order valence-corrected chi connectivity index (χ1v) is 5.62. The van der Waals surface area contributed by atoms with Crippen molar-refractivity contribution in [1.29, 1.82) is 0 Å². The SMILES string of the molecule is NC(c1ccc(SC(F)(F)F)cc1)c1nn[nH]n1. The van der Waals surface area contributed by atoms with Gasteiger partial charge in [0.2, 0.25) is 0 Å². The molecule has 0 bridgehead atoms. The molecule has 0 radical (unpaired) electrons. The molecule has 0 aliphatic carbocycles. The van der Waals surface area contributed by atoms with Crippen molar-refractivity contribution in [2.75, 3.05) is 0 Å². The number of thioether (sulfide) groups is 1. The minimum absolute atomic E-state index is 0.103. The third-order valence-corrected chi connectivity index (χ3v) is 2.85. The Bertz CT molecular complexity index is 496. The summed E-state index contributed by atoms with van der Waals surface area (Å²) in [7, 11) is 0. The van der Waals surface area contributed by atoms with Crippen molar-refractivity contribution < 1.29 is 13.2 Å². The molecule has 0 saturated heterocycles. The zero-order valence-electron chi connectivity index (χ0n) is 8.85. The molecule has 1 aromatic heterocycles. The first-order valence-electron chi connectivity index (χ1n) is 4.80. The predicted octanol–water partition coefficient (Wildman–Crippen LogP) is 1.86. The van der Waals surface area contributed by atoms with Crippen LogP contribution in [0.1, 0.15) is 17.4 Å². The summed E-state index contributed by atoms with van der Waals surface area (Å²) < 4.78 is 36.4. The van der Waals surface area contributed by atoms with Gasteiger partial charge >= 0.3 is 5.51 Å². The lowest BCUT2D eigenvalue weighted by atomic mass is 10.1. The number of H-pyrrole nitrogens is 1. The molecule has 1 unspecified atom stereocenters. The number of tetrazole rings is 1. The fourth-order valence-corrected chi connectivity index (χ4v) is 1.87. The summed E-state index contributed by atoms with van der Waals surface area (Å²) >= 11 is -0.172. The summed E-state index contributed by atoms with van der Waals surface area (Å²) in [6.45, 7) is 0. The molecule has 0 spiro atoms. The fraction of sp³-hybridized carbons (Fsp3) is 0.222. The second kappa shape index (κ2) is 4.94. The van der Waals surface area contributed by atoms with E-state index in [0.717, 1.165) is 0 Å². The van der Waals surface area contributed by atoms with Crippen LogP contribution >= 0.6 is 11.8 Å². The number of aromatic amines is 1. The number of rotatable bonds is 3. The molecule has 1 atom stereocenters. The van der Waals surface area contributed by atoms with Gasteiger partial charge in [0.1, 0.15) is 0 Å². The molecular weight excluding hydrogens is 267 g/mol. The van der Waals surface area contributed by atoms with Gasteiger partial charge in [0.05, 0.1) is 6.04 Å². The van der Waals surface area contributed by atoms with Crippen LogP contribution in [0.4, 0.5) is 13.2 Å². The van der Waals surface area contributed by atoms with E-state index in [0.29, 0.717) is 5.56 Å². The highest BCUT2D eigenvalue weighted by molar-refractivity contribution is 8.00. The Morgan fingerprint density at radius 1 is 1.22 bits per heavy atom. The highest BCUT2D eigenvalue weighted by atomic mass is 32.2. The quantitative estimate of drug-likeness (QED) is 0.836. The van der Waals surface area contributed by atoms with E-state index in [1.165, 1.54) is 24.3 Å². The van der Waals surface area contributed by atoms with E-state index in [-0.39, 0.29) is 22.5 Å². The van der Waals surface area contributed by atoms with Crippen LogP contribution in [0.25, 0.3) is 0 Å². The molecule has 0 aliphatic rings. The molecule has 2 aromatic rings. The summed E-state index contributed by atoms with van der Waals surface area (Å²) in [6, 6.07) is 5.11. The minimum atomic E-state index is -4.29. The lowest BCUT2D eigenvalue weighted by Gasteiger charge is -2.09. The minimum Gasteiger partial charge on any atom is -0.318 e. The van der Waals surface area contributed by atoms with Crippen molar-refractivity contribution in [3.63, 3.8) is 0 Å². The maximum absolute atomic E-state index is 12.1. The molecule has 3 N–H and O–H groups in total. The second-order valence-corrected chi connectivity index (χ2v) is 4.50. The van der Waals surface area contributed by atoms with Crippen LogP contribution in [0.2, 0.25) is 0 Å². The van der Waals surface area contributed by atoms with Crippen LogP contribution < -0.4 is 5.73 Å². The topological polar surface area (TPSA) is 80.5 Å². The molecule has 0 fully saturated rings. The lowest BCUT2D eigenvalue weighted by molar-refractivity contribution is -0.0328. The van der Waals surface area contributed by atoms with E-state index in [4.69, 9.17) is 5.73 Å². The monoisotopic (exact) mass is 275 g/mol. The molecular formula is C9H8F3N5S. The Kier molecular flexibility index (Phi) is 3.53. The Morgan fingerprint density at radius 2 is 1.89 bits per heavy atom. The third kappa shape index (κ3) is 3.20. The Hall–Kier alpha value is -1.61. The van der Waals surface area contributed by atoms with Gasteiger partial charge in [-0.05, 0) is 29.5 Å². The van der Waals surface area contributed by atoms with Crippen LogP contribution in [0.3, 0.4) is 0 Å². The summed E-state index contributed by atoms with van der Waals surface area (Å²) in [4.78, 5) is 0.103. The summed E-state index contributed by atoms with van der Waals surface area (Å²) in [5, 5.41) is 13.1. The number of halogens is 3. The molecule has 0 aliphatic heterocycles. The smallest absolute Gasteiger partial charge is 0.318 e. The zero-order valence-corrected chi connectivity index (χ0v) is 9.66. The van der Waals surface area contributed by atoms with Crippen LogP contribution in [-0.2, 0) is 0 Å². The summed E-state index contributed by atoms with van der Waals surface area (Å²) in [6.07, 6.45) is 0. The number of benzene rings is 1. The van der Waals surface area contributed by atoms with Crippen molar-refractivity contribution in [3.05, 3.63) is 35.7 Å². The molecule has 0 saturated carbocycles. The highest BCUT2D eigenvalue weighted by Crippen LogP contribution is 2.37. The molecule has 5 nitrogen and oxygen atoms in total. The van der Waals surface area contributed by atoms with E-state index in [1.54, 1.807) is 0 Å². The number of nitrogens with two attached hydrogens (primary N) is 1. The normalized spacial score (nSPS) is 13.6. The molecule has 1 heterocycles. The first-order chi connectivity index (χ1) is 8.46. The molecule has 18 heavy (non-hydrogen) atoms. The van der Waals surface area contributed by atoms with Crippen molar-refractivity contribution in [3.8, 4) is 0 Å². The average molecular weight is 275 g/mol. The first kappa shape index (κ1) is 12.8. The van der Waals surface area contributed by atoms with E-state index in [9.17, 15) is 13.2 Å². The largest absolute Gasteiger partial charge is 0.446 e. The Labute approximate surface area is 104 Å². The number of aromatic nitrogens is 4. The standard InChI is InChI=1S/C9H8F3N5S/c10-9(11,12)18-6-3-1-5(2-4-6)7(13)8-14-16-17-15-8/h1-4,7H,13H2,(H,14,15,16,17). The maximum atomic E-state index is 12.1. The number of hydrogen-bond donors (Lipinski definition) is 2. The number of nitrogens with zero attached hydrogens (tertiary/aromatic N) is 3. The number of alkyl halides is 3. The second-order valence-electron chi connectivity index (χ2n) is 3.36. The van der Waals surface area contributed by atoms with Crippen LogP contribution in [0.5, 0.6) is 0 Å². The highest BCUT2D eigenvalue weighted by Gasteiger charge is 2.29. The van der Waals surface area contributed by atoms with Crippen molar-refractivity contribution in [2.24, 2.45) is 5.73 Å².